The molecule has 0 aliphatic rings. The van der Waals surface area contributed by atoms with Crippen LogP contribution in [0.4, 0.5) is 0 Å². The summed E-state index contributed by atoms with van der Waals surface area (Å²) in [5.74, 6) is 1.66. The van der Waals surface area contributed by atoms with Gasteiger partial charge in [-0.2, -0.15) is 0 Å². The van der Waals surface area contributed by atoms with E-state index in [2.05, 4.69) is 65.4 Å². The summed E-state index contributed by atoms with van der Waals surface area (Å²) in [6.45, 7) is 8.36. The summed E-state index contributed by atoms with van der Waals surface area (Å²) in [5.41, 5.74) is 3.50. The number of rotatable bonds is 6. The lowest BCUT2D eigenvalue weighted by Gasteiger charge is -2.22. The molecule has 5 nitrogen and oxygen atoms in total. The topological polar surface area (TPSA) is 53.7 Å². The van der Waals surface area contributed by atoms with Crippen LogP contribution < -0.4 is 5.32 Å². The second-order valence-corrected chi connectivity index (χ2v) is 5.65. The highest BCUT2D eigenvalue weighted by molar-refractivity contribution is 14.0. The van der Waals surface area contributed by atoms with Gasteiger partial charge in [-0.1, -0.05) is 41.9 Å². The van der Waals surface area contributed by atoms with Gasteiger partial charge < -0.3 is 14.7 Å². The quantitative estimate of drug-likeness (QED) is 0.421. The van der Waals surface area contributed by atoms with E-state index in [1.165, 1.54) is 11.1 Å². The summed E-state index contributed by atoms with van der Waals surface area (Å²) in [7, 11) is 2.04. The van der Waals surface area contributed by atoms with E-state index in [9.17, 15) is 0 Å². The van der Waals surface area contributed by atoms with Crippen molar-refractivity contribution >= 4 is 29.9 Å². The minimum Gasteiger partial charge on any atom is -0.359 e. The molecule has 0 unspecified atom stereocenters. The van der Waals surface area contributed by atoms with Crippen molar-refractivity contribution in [2.24, 2.45) is 4.99 Å². The Kier molecular flexibility index (Phi) is 8.81. The number of aliphatic imine (C=N–C) groups is 1. The zero-order chi connectivity index (χ0) is 16.7. The molecule has 2 aromatic rings. The first kappa shape index (κ1) is 20.5. The molecule has 0 spiro atoms. The van der Waals surface area contributed by atoms with Gasteiger partial charge in [0.2, 0.25) is 0 Å². The van der Waals surface area contributed by atoms with E-state index >= 15 is 0 Å². The van der Waals surface area contributed by atoms with E-state index in [1.807, 2.05) is 13.1 Å². The minimum absolute atomic E-state index is 0. The van der Waals surface area contributed by atoms with Crippen LogP contribution in [0, 0.1) is 6.92 Å². The smallest absolute Gasteiger partial charge is 0.194 e. The fourth-order valence-corrected chi connectivity index (χ4v) is 2.26. The average Bonchev–Trinajstić information content (AvgIpc) is 3.01. The largest absolute Gasteiger partial charge is 0.359 e. The van der Waals surface area contributed by atoms with Gasteiger partial charge in [-0.3, -0.25) is 0 Å². The summed E-state index contributed by atoms with van der Waals surface area (Å²) in [5, 5.41) is 7.32. The van der Waals surface area contributed by atoms with Crippen molar-refractivity contribution in [3.8, 4) is 0 Å². The molecule has 1 aromatic heterocycles. The van der Waals surface area contributed by atoms with Gasteiger partial charge in [-0.15, -0.1) is 24.0 Å². The molecule has 0 aliphatic heterocycles. The van der Waals surface area contributed by atoms with Crippen molar-refractivity contribution in [3.05, 3.63) is 52.9 Å². The first-order chi connectivity index (χ1) is 11.1. The lowest BCUT2D eigenvalue weighted by Crippen LogP contribution is -2.38. The Hall–Kier alpha value is -1.57. The zero-order valence-electron chi connectivity index (χ0n) is 14.9. The Labute approximate surface area is 161 Å². The molecule has 1 aromatic carbocycles. The maximum atomic E-state index is 5.29. The van der Waals surface area contributed by atoms with Crippen molar-refractivity contribution in [3.63, 3.8) is 0 Å². The van der Waals surface area contributed by atoms with Crippen molar-refractivity contribution in [1.29, 1.82) is 0 Å². The number of guanidine groups is 1. The Morgan fingerprint density at radius 1 is 1.25 bits per heavy atom. The van der Waals surface area contributed by atoms with Crippen LogP contribution in [-0.4, -0.2) is 29.6 Å². The molecular weight excluding hydrogens is 415 g/mol. The molecule has 0 atom stereocenters. The van der Waals surface area contributed by atoms with Gasteiger partial charge >= 0.3 is 0 Å². The Bertz CT molecular complexity index is 637. The van der Waals surface area contributed by atoms with Gasteiger partial charge in [-0.05, 0) is 25.8 Å². The van der Waals surface area contributed by atoms with Gasteiger partial charge in [0, 0.05) is 26.2 Å². The summed E-state index contributed by atoms with van der Waals surface area (Å²) in [4.78, 5) is 6.76. The molecule has 0 saturated carbocycles. The van der Waals surface area contributed by atoms with Gasteiger partial charge in [0.15, 0.2) is 11.7 Å². The summed E-state index contributed by atoms with van der Waals surface area (Å²) < 4.78 is 5.29. The van der Waals surface area contributed by atoms with Crippen molar-refractivity contribution in [2.75, 3.05) is 13.6 Å². The number of hydrogen-bond acceptors (Lipinski definition) is 3. The average molecular weight is 442 g/mol. The highest BCUT2D eigenvalue weighted by Gasteiger charge is 2.08. The van der Waals surface area contributed by atoms with Gasteiger partial charge in [0.05, 0.1) is 5.69 Å². The molecule has 0 radical (unpaired) electrons. The lowest BCUT2D eigenvalue weighted by atomic mass is 10.1. The SMILES string of the molecule is CCNC(=NCc1cc(CC)no1)N(C)Cc1ccc(C)cc1.I. The molecule has 6 heteroatoms. The normalized spacial score (nSPS) is 11.1. The fraction of sp³-hybridized carbons (Fsp3) is 0.444. The molecule has 0 aliphatic carbocycles. The standard InChI is InChI=1S/C18H26N4O.HI/c1-5-16-11-17(23-21-16)12-20-18(19-6-2)22(4)13-15-9-7-14(3)8-10-15;/h7-11H,5-6,12-13H2,1-4H3,(H,19,20);1H. The number of nitrogens with zero attached hydrogens (tertiary/aromatic N) is 3. The van der Waals surface area contributed by atoms with Crippen molar-refractivity contribution < 1.29 is 4.52 Å². The van der Waals surface area contributed by atoms with Crippen LogP contribution >= 0.6 is 24.0 Å². The number of halogens is 1. The summed E-state index contributed by atoms with van der Waals surface area (Å²) >= 11 is 0. The molecule has 1 heterocycles. The summed E-state index contributed by atoms with van der Waals surface area (Å²) in [6.07, 6.45) is 0.876. The lowest BCUT2D eigenvalue weighted by molar-refractivity contribution is 0.378. The van der Waals surface area contributed by atoms with Crippen LogP contribution in [0.25, 0.3) is 0 Å². The predicted molar refractivity (Wildman–Crippen MR) is 109 cm³/mol. The maximum Gasteiger partial charge on any atom is 0.194 e. The Balaban J connectivity index is 0.00000288. The Morgan fingerprint density at radius 3 is 2.54 bits per heavy atom. The van der Waals surface area contributed by atoms with Crippen LogP contribution in [0.15, 0.2) is 39.8 Å². The third-order valence-electron chi connectivity index (χ3n) is 3.59. The summed E-state index contributed by atoms with van der Waals surface area (Å²) in [6, 6.07) is 10.5. The van der Waals surface area contributed by atoms with Gasteiger partial charge in [0.25, 0.3) is 0 Å². The van der Waals surface area contributed by atoms with Crippen LogP contribution in [0.3, 0.4) is 0 Å². The molecule has 2 rings (SSSR count). The third-order valence-corrected chi connectivity index (χ3v) is 3.59. The van der Waals surface area contributed by atoms with Crippen LogP contribution in [0.1, 0.15) is 36.4 Å². The van der Waals surface area contributed by atoms with Crippen molar-refractivity contribution in [1.82, 2.24) is 15.4 Å². The fourth-order valence-electron chi connectivity index (χ4n) is 2.26. The van der Waals surface area contributed by atoms with E-state index < -0.39 is 0 Å². The van der Waals surface area contributed by atoms with E-state index in [0.717, 1.165) is 36.9 Å². The second-order valence-electron chi connectivity index (χ2n) is 5.65. The first-order valence-corrected chi connectivity index (χ1v) is 8.11. The van der Waals surface area contributed by atoms with E-state index in [-0.39, 0.29) is 24.0 Å². The minimum atomic E-state index is 0. The number of nitrogens with one attached hydrogen (secondary N) is 1. The second kappa shape index (κ2) is 10.3. The van der Waals surface area contributed by atoms with Gasteiger partial charge in [-0.25, -0.2) is 4.99 Å². The molecule has 0 fully saturated rings. The number of aromatic nitrogens is 1. The van der Waals surface area contributed by atoms with E-state index in [4.69, 9.17) is 4.52 Å². The first-order valence-electron chi connectivity index (χ1n) is 8.11. The molecular formula is C18H27IN4O. The van der Waals surface area contributed by atoms with Crippen LogP contribution in [-0.2, 0) is 19.5 Å². The maximum absolute atomic E-state index is 5.29. The van der Waals surface area contributed by atoms with Crippen molar-refractivity contribution in [2.45, 2.75) is 40.3 Å². The number of benzene rings is 1. The third kappa shape index (κ3) is 6.14. The molecule has 0 amide bonds. The molecule has 1 N–H and O–H groups in total. The number of aryl methyl sites for hydroxylation is 2. The van der Waals surface area contributed by atoms with Gasteiger partial charge in [0.1, 0.15) is 6.54 Å². The molecule has 132 valence electrons. The monoisotopic (exact) mass is 442 g/mol. The van der Waals surface area contributed by atoms with Crippen LogP contribution in [0.2, 0.25) is 0 Å². The predicted octanol–water partition coefficient (Wildman–Crippen LogP) is 3.76. The molecule has 0 saturated heterocycles. The molecule has 0 bridgehead atoms. The number of hydrogen-bond donors (Lipinski definition) is 1. The van der Waals surface area contributed by atoms with E-state index in [0.29, 0.717) is 6.54 Å². The highest BCUT2D eigenvalue weighted by atomic mass is 127. The zero-order valence-corrected chi connectivity index (χ0v) is 17.2. The highest BCUT2D eigenvalue weighted by Crippen LogP contribution is 2.08. The van der Waals surface area contributed by atoms with E-state index in [1.54, 1.807) is 0 Å². The van der Waals surface area contributed by atoms with Crippen LogP contribution in [0.5, 0.6) is 0 Å². The Morgan fingerprint density at radius 2 is 1.96 bits per heavy atom. The molecule has 24 heavy (non-hydrogen) atoms.